The number of rotatable bonds is 3. The predicted molar refractivity (Wildman–Crippen MR) is 77.4 cm³/mol. The van der Waals surface area contributed by atoms with E-state index in [0.29, 0.717) is 5.92 Å². The van der Waals surface area contributed by atoms with E-state index in [1.54, 1.807) is 18.4 Å². The normalized spacial score (nSPS) is 15.4. The highest BCUT2D eigenvalue weighted by atomic mass is 79.9. The van der Waals surface area contributed by atoms with Crippen LogP contribution in [0.25, 0.3) is 11.3 Å². The number of nitrogens with zero attached hydrogens (tertiary/aromatic N) is 1. The van der Waals surface area contributed by atoms with Crippen LogP contribution in [-0.4, -0.2) is 25.2 Å². The van der Waals surface area contributed by atoms with Crippen molar-refractivity contribution in [3.05, 3.63) is 33.1 Å². The number of aromatic nitrogens is 1. The molecular formula is C13H13BrN2OS. The highest BCUT2D eigenvalue weighted by Gasteiger charge is 2.22. The molecule has 0 radical (unpaired) electrons. The van der Waals surface area contributed by atoms with Crippen molar-refractivity contribution in [1.82, 2.24) is 10.3 Å². The predicted octanol–water partition coefficient (Wildman–Crippen LogP) is 3.27. The highest BCUT2D eigenvalue weighted by Crippen LogP contribution is 2.35. The summed E-state index contributed by atoms with van der Waals surface area (Å²) >= 11 is 5.22. The van der Waals surface area contributed by atoms with Crippen LogP contribution < -0.4 is 10.1 Å². The lowest BCUT2D eigenvalue weighted by atomic mass is 10.1. The van der Waals surface area contributed by atoms with Crippen molar-refractivity contribution < 1.29 is 4.74 Å². The zero-order valence-electron chi connectivity index (χ0n) is 9.94. The maximum absolute atomic E-state index is 5.40. The van der Waals surface area contributed by atoms with Gasteiger partial charge in [-0.25, -0.2) is 4.98 Å². The first-order chi connectivity index (χ1) is 8.78. The number of benzene rings is 1. The molecule has 0 spiro atoms. The van der Waals surface area contributed by atoms with E-state index in [2.05, 4.69) is 32.7 Å². The van der Waals surface area contributed by atoms with Gasteiger partial charge in [0, 0.05) is 34.4 Å². The molecule has 0 bridgehead atoms. The fourth-order valence-corrected chi connectivity index (χ4v) is 3.23. The molecule has 2 heterocycles. The summed E-state index contributed by atoms with van der Waals surface area (Å²) in [4.78, 5) is 4.73. The van der Waals surface area contributed by atoms with Crippen LogP contribution in [0.4, 0.5) is 0 Å². The first kappa shape index (κ1) is 12.1. The minimum atomic E-state index is 0.585. The van der Waals surface area contributed by atoms with Gasteiger partial charge < -0.3 is 10.1 Å². The molecule has 0 aliphatic carbocycles. The van der Waals surface area contributed by atoms with Crippen LogP contribution >= 0.6 is 27.3 Å². The van der Waals surface area contributed by atoms with E-state index in [9.17, 15) is 0 Å². The lowest BCUT2D eigenvalue weighted by Gasteiger charge is -2.24. The molecule has 1 N–H and O–H groups in total. The third-order valence-corrected chi connectivity index (χ3v) is 4.59. The fraction of sp³-hybridized carbons (Fsp3) is 0.308. The lowest BCUT2D eigenvalue weighted by Crippen LogP contribution is -2.39. The molecule has 1 saturated heterocycles. The summed E-state index contributed by atoms with van der Waals surface area (Å²) in [7, 11) is 1.69. The van der Waals surface area contributed by atoms with Crippen LogP contribution in [-0.2, 0) is 0 Å². The van der Waals surface area contributed by atoms with Gasteiger partial charge in [-0.2, -0.15) is 0 Å². The summed E-state index contributed by atoms with van der Waals surface area (Å²) < 4.78 is 6.44. The second kappa shape index (κ2) is 4.99. The van der Waals surface area contributed by atoms with E-state index in [-0.39, 0.29) is 0 Å². The molecular weight excluding hydrogens is 312 g/mol. The number of thiazole rings is 1. The first-order valence-electron chi connectivity index (χ1n) is 5.78. The van der Waals surface area contributed by atoms with Crippen molar-refractivity contribution in [3.63, 3.8) is 0 Å². The number of nitrogens with one attached hydrogen (secondary N) is 1. The van der Waals surface area contributed by atoms with Gasteiger partial charge >= 0.3 is 0 Å². The number of hydrogen-bond acceptors (Lipinski definition) is 4. The quantitative estimate of drug-likeness (QED) is 0.940. The van der Waals surface area contributed by atoms with Gasteiger partial charge in [0.05, 0.1) is 17.8 Å². The number of halogens is 1. The maximum Gasteiger partial charge on any atom is 0.128 e. The van der Waals surface area contributed by atoms with Gasteiger partial charge in [0.1, 0.15) is 5.75 Å². The van der Waals surface area contributed by atoms with E-state index in [1.807, 2.05) is 12.1 Å². The van der Waals surface area contributed by atoms with E-state index in [1.165, 1.54) is 5.01 Å². The molecule has 94 valence electrons. The van der Waals surface area contributed by atoms with Crippen LogP contribution in [0.15, 0.2) is 28.1 Å². The Morgan fingerprint density at radius 2 is 2.28 bits per heavy atom. The van der Waals surface area contributed by atoms with E-state index >= 15 is 0 Å². The van der Waals surface area contributed by atoms with Crippen molar-refractivity contribution in [2.24, 2.45) is 0 Å². The fourth-order valence-electron chi connectivity index (χ4n) is 1.94. The summed E-state index contributed by atoms with van der Waals surface area (Å²) in [5.41, 5.74) is 2.04. The molecule has 1 aliphatic rings. The molecule has 1 fully saturated rings. The zero-order chi connectivity index (χ0) is 12.5. The van der Waals surface area contributed by atoms with Gasteiger partial charge in [-0.3, -0.25) is 0 Å². The Balaban J connectivity index is 1.98. The Kier molecular flexibility index (Phi) is 3.37. The van der Waals surface area contributed by atoms with Crippen LogP contribution in [0.3, 0.4) is 0 Å². The van der Waals surface area contributed by atoms with Crippen LogP contribution in [0.5, 0.6) is 5.75 Å². The summed E-state index contributed by atoms with van der Waals surface area (Å²) in [6, 6.07) is 5.99. The average Bonchev–Trinajstić information content (AvgIpc) is 2.76. The number of hydrogen-bond donors (Lipinski definition) is 1. The van der Waals surface area contributed by atoms with Gasteiger partial charge in [-0.05, 0) is 18.2 Å². The second-order valence-electron chi connectivity index (χ2n) is 4.27. The first-order valence-corrected chi connectivity index (χ1v) is 7.45. The monoisotopic (exact) mass is 324 g/mol. The Bertz CT molecular complexity index is 566. The zero-order valence-corrected chi connectivity index (χ0v) is 12.3. The summed E-state index contributed by atoms with van der Waals surface area (Å²) in [5, 5.41) is 6.60. The van der Waals surface area contributed by atoms with Crippen molar-refractivity contribution in [3.8, 4) is 17.0 Å². The standard InChI is InChI=1S/C13H13BrN2OS/c1-17-12-3-2-9(14)4-10(12)11-7-18-13(16-11)8-5-15-6-8/h2-4,7-8,15H,5-6H2,1H3. The Morgan fingerprint density at radius 3 is 2.94 bits per heavy atom. The topological polar surface area (TPSA) is 34.1 Å². The molecule has 3 rings (SSSR count). The van der Waals surface area contributed by atoms with Crippen molar-refractivity contribution >= 4 is 27.3 Å². The molecule has 3 nitrogen and oxygen atoms in total. The van der Waals surface area contributed by atoms with Crippen molar-refractivity contribution in [2.75, 3.05) is 20.2 Å². The van der Waals surface area contributed by atoms with Crippen molar-refractivity contribution in [2.45, 2.75) is 5.92 Å². The smallest absolute Gasteiger partial charge is 0.128 e. The van der Waals surface area contributed by atoms with Crippen LogP contribution in [0.2, 0.25) is 0 Å². The molecule has 0 unspecified atom stereocenters. The van der Waals surface area contributed by atoms with Gasteiger partial charge in [0.2, 0.25) is 0 Å². The molecule has 0 atom stereocenters. The average molecular weight is 325 g/mol. The minimum absolute atomic E-state index is 0.585. The summed E-state index contributed by atoms with van der Waals surface area (Å²) in [6.45, 7) is 2.09. The van der Waals surface area contributed by atoms with Gasteiger partial charge in [0.15, 0.2) is 0 Å². The molecule has 5 heteroatoms. The van der Waals surface area contributed by atoms with Crippen LogP contribution in [0.1, 0.15) is 10.9 Å². The largest absolute Gasteiger partial charge is 0.496 e. The Labute approximate surface area is 118 Å². The SMILES string of the molecule is COc1ccc(Br)cc1-c1csc(C2CNC2)n1. The maximum atomic E-state index is 5.40. The molecule has 1 aliphatic heterocycles. The molecule has 0 saturated carbocycles. The number of methoxy groups -OCH3 is 1. The van der Waals surface area contributed by atoms with Crippen molar-refractivity contribution in [1.29, 1.82) is 0 Å². The third-order valence-electron chi connectivity index (χ3n) is 3.09. The third kappa shape index (κ3) is 2.18. The molecule has 18 heavy (non-hydrogen) atoms. The Morgan fingerprint density at radius 1 is 1.44 bits per heavy atom. The van der Waals surface area contributed by atoms with Gasteiger partial charge in [0.25, 0.3) is 0 Å². The van der Waals surface area contributed by atoms with E-state index in [4.69, 9.17) is 9.72 Å². The van der Waals surface area contributed by atoms with E-state index < -0.39 is 0 Å². The number of ether oxygens (including phenoxy) is 1. The lowest BCUT2D eigenvalue weighted by molar-refractivity contribution is 0.416. The minimum Gasteiger partial charge on any atom is -0.496 e. The second-order valence-corrected chi connectivity index (χ2v) is 6.08. The van der Waals surface area contributed by atoms with E-state index in [0.717, 1.165) is 34.6 Å². The molecule has 2 aromatic rings. The molecule has 1 aromatic carbocycles. The molecule has 0 amide bonds. The summed E-state index contributed by atoms with van der Waals surface area (Å²) in [5.74, 6) is 1.45. The molecule has 1 aromatic heterocycles. The van der Waals surface area contributed by atoms with Gasteiger partial charge in [-0.1, -0.05) is 15.9 Å². The highest BCUT2D eigenvalue weighted by molar-refractivity contribution is 9.10. The summed E-state index contributed by atoms with van der Waals surface area (Å²) in [6.07, 6.45) is 0. The van der Waals surface area contributed by atoms with Gasteiger partial charge in [-0.15, -0.1) is 11.3 Å². The van der Waals surface area contributed by atoms with Crippen LogP contribution in [0, 0.1) is 0 Å². The Hall–Kier alpha value is -0.910.